The Kier molecular flexibility index (Phi) is 8.05. The van der Waals surface area contributed by atoms with E-state index in [1.54, 1.807) is 53.9 Å². The van der Waals surface area contributed by atoms with Gasteiger partial charge in [0.25, 0.3) is 0 Å². The molecule has 7 nitrogen and oxygen atoms in total. The largest absolute Gasteiger partial charge is 0.326 e. The normalized spacial score (nSPS) is 10.4. The highest BCUT2D eigenvalue weighted by Gasteiger charge is 2.11. The zero-order valence-corrected chi connectivity index (χ0v) is 18.9. The highest BCUT2D eigenvalue weighted by molar-refractivity contribution is 8.01. The Morgan fingerprint density at radius 1 is 0.968 bits per heavy atom. The smallest absolute Gasteiger partial charge is 0.234 e. The molecule has 0 aliphatic carbocycles. The number of nitrogens with one attached hydrogen (secondary N) is 3. The number of hydrogen-bond donors (Lipinski definition) is 3. The van der Waals surface area contributed by atoms with E-state index in [1.807, 2.05) is 0 Å². The molecule has 10 heteroatoms. The minimum atomic E-state index is -0.220. The lowest BCUT2D eigenvalue weighted by molar-refractivity contribution is -0.116. The second-order valence-electron chi connectivity index (χ2n) is 6.44. The molecule has 0 atom stereocenters. The summed E-state index contributed by atoms with van der Waals surface area (Å²) in [6.07, 6.45) is 0.110. The molecule has 0 bridgehead atoms. The number of thiazole rings is 1. The van der Waals surface area contributed by atoms with E-state index in [0.29, 0.717) is 32.1 Å². The van der Waals surface area contributed by atoms with Crippen molar-refractivity contribution in [3.63, 3.8) is 0 Å². The van der Waals surface area contributed by atoms with E-state index in [-0.39, 0.29) is 29.9 Å². The number of carbonyl (C=O) groups excluding carboxylic acids is 3. The van der Waals surface area contributed by atoms with E-state index in [0.717, 1.165) is 0 Å². The maximum Gasteiger partial charge on any atom is 0.234 e. The quantitative estimate of drug-likeness (QED) is 0.412. The fraction of sp³-hybridized carbons (Fsp3) is 0.143. The number of benzene rings is 2. The molecule has 3 rings (SSSR count). The van der Waals surface area contributed by atoms with Gasteiger partial charge in [0.1, 0.15) is 0 Å². The van der Waals surface area contributed by atoms with Crippen LogP contribution in [0.5, 0.6) is 0 Å². The molecule has 0 saturated carbocycles. The van der Waals surface area contributed by atoms with Crippen LogP contribution in [-0.4, -0.2) is 28.5 Å². The molecule has 0 spiro atoms. The molecular weight excluding hydrogens is 456 g/mol. The van der Waals surface area contributed by atoms with Crippen LogP contribution < -0.4 is 16.0 Å². The minimum absolute atomic E-state index is 0.110. The van der Waals surface area contributed by atoms with Crippen molar-refractivity contribution in [3.8, 4) is 0 Å². The summed E-state index contributed by atoms with van der Waals surface area (Å²) in [5, 5.41) is 10.7. The highest BCUT2D eigenvalue weighted by atomic mass is 35.5. The second-order valence-corrected chi connectivity index (χ2v) is 8.95. The monoisotopic (exact) mass is 474 g/mol. The van der Waals surface area contributed by atoms with Gasteiger partial charge in [-0.05, 0) is 42.5 Å². The first-order valence-corrected chi connectivity index (χ1v) is 11.4. The van der Waals surface area contributed by atoms with Crippen molar-refractivity contribution in [1.29, 1.82) is 0 Å². The van der Waals surface area contributed by atoms with Gasteiger partial charge in [-0.15, -0.1) is 11.3 Å². The van der Waals surface area contributed by atoms with E-state index in [9.17, 15) is 14.4 Å². The van der Waals surface area contributed by atoms with Crippen LogP contribution in [0.3, 0.4) is 0 Å². The van der Waals surface area contributed by atoms with E-state index in [1.165, 1.54) is 30.0 Å². The molecule has 1 heterocycles. The van der Waals surface area contributed by atoms with E-state index in [2.05, 4.69) is 20.9 Å². The number of carbonyl (C=O) groups is 3. The van der Waals surface area contributed by atoms with Crippen LogP contribution in [0, 0.1) is 0 Å². The van der Waals surface area contributed by atoms with Crippen molar-refractivity contribution < 1.29 is 14.4 Å². The fourth-order valence-electron chi connectivity index (χ4n) is 2.54. The number of nitrogens with zero attached hydrogens (tertiary/aromatic N) is 1. The third-order valence-electron chi connectivity index (χ3n) is 3.79. The molecule has 0 unspecified atom stereocenters. The van der Waals surface area contributed by atoms with Gasteiger partial charge in [0.15, 0.2) is 4.34 Å². The number of halogens is 1. The number of rotatable bonds is 8. The summed E-state index contributed by atoms with van der Waals surface area (Å²) in [5.74, 6) is -0.349. The van der Waals surface area contributed by atoms with Gasteiger partial charge in [-0.25, -0.2) is 4.98 Å². The van der Waals surface area contributed by atoms with Crippen molar-refractivity contribution in [2.75, 3.05) is 21.7 Å². The Morgan fingerprint density at radius 2 is 1.65 bits per heavy atom. The number of thioether (sulfide) groups is 1. The Balaban J connectivity index is 1.47. The van der Waals surface area contributed by atoms with Gasteiger partial charge < -0.3 is 16.0 Å². The molecule has 3 N–H and O–H groups in total. The van der Waals surface area contributed by atoms with Crippen molar-refractivity contribution in [2.24, 2.45) is 0 Å². The molecule has 31 heavy (non-hydrogen) atoms. The van der Waals surface area contributed by atoms with Crippen LogP contribution in [0.2, 0.25) is 5.02 Å². The van der Waals surface area contributed by atoms with Gasteiger partial charge >= 0.3 is 0 Å². The summed E-state index contributed by atoms with van der Waals surface area (Å²) < 4.78 is 0.710. The Hall–Kier alpha value is -2.88. The van der Waals surface area contributed by atoms with Crippen molar-refractivity contribution >= 4 is 69.5 Å². The molecule has 0 radical (unpaired) electrons. The predicted molar refractivity (Wildman–Crippen MR) is 126 cm³/mol. The van der Waals surface area contributed by atoms with Gasteiger partial charge in [-0.2, -0.15) is 0 Å². The van der Waals surface area contributed by atoms with Crippen molar-refractivity contribution in [3.05, 3.63) is 64.6 Å². The van der Waals surface area contributed by atoms with Crippen LogP contribution in [0.4, 0.5) is 17.1 Å². The van der Waals surface area contributed by atoms with Gasteiger partial charge in [-0.1, -0.05) is 29.4 Å². The molecular formula is C21H19ClN4O3S2. The van der Waals surface area contributed by atoms with Gasteiger partial charge in [0, 0.05) is 34.4 Å². The van der Waals surface area contributed by atoms with E-state index < -0.39 is 0 Å². The van der Waals surface area contributed by atoms with E-state index in [4.69, 9.17) is 11.6 Å². The zero-order chi connectivity index (χ0) is 22.2. The average molecular weight is 475 g/mol. The topological polar surface area (TPSA) is 100 Å². The maximum atomic E-state index is 12.3. The second kappa shape index (κ2) is 10.9. The molecule has 0 aliphatic heterocycles. The first kappa shape index (κ1) is 22.8. The molecule has 0 saturated heterocycles. The number of hydrogen-bond acceptors (Lipinski definition) is 6. The third-order valence-corrected chi connectivity index (χ3v) is 6.12. The minimum Gasteiger partial charge on any atom is -0.326 e. The van der Waals surface area contributed by atoms with Crippen molar-refractivity contribution in [2.45, 2.75) is 17.7 Å². The van der Waals surface area contributed by atoms with Crippen LogP contribution in [0.1, 0.15) is 12.6 Å². The molecule has 160 valence electrons. The first-order chi connectivity index (χ1) is 14.9. The van der Waals surface area contributed by atoms with Crippen LogP contribution in [0.25, 0.3) is 0 Å². The van der Waals surface area contributed by atoms with Crippen LogP contribution in [-0.2, 0) is 20.8 Å². The molecule has 2 aromatic carbocycles. The summed E-state index contributed by atoms with van der Waals surface area (Å²) in [6, 6.07) is 13.8. The molecule has 3 aromatic rings. The van der Waals surface area contributed by atoms with Crippen molar-refractivity contribution in [1.82, 2.24) is 4.98 Å². The average Bonchev–Trinajstić information content (AvgIpc) is 3.15. The lowest BCUT2D eigenvalue weighted by Gasteiger charge is -2.07. The summed E-state index contributed by atoms with van der Waals surface area (Å²) in [6.45, 7) is 1.42. The number of anilines is 3. The highest BCUT2D eigenvalue weighted by Crippen LogP contribution is 2.24. The Morgan fingerprint density at radius 3 is 2.35 bits per heavy atom. The lowest BCUT2D eigenvalue weighted by Crippen LogP contribution is -2.15. The molecule has 0 aliphatic rings. The summed E-state index contributed by atoms with van der Waals surface area (Å²) >= 11 is 8.52. The lowest BCUT2D eigenvalue weighted by atomic mass is 10.2. The fourth-order valence-corrected chi connectivity index (χ4v) is 4.31. The molecule has 0 fully saturated rings. The van der Waals surface area contributed by atoms with Gasteiger partial charge in [-0.3, -0.25) is 14.4 Å². The number of amides is 3. The predicted octanol–water partition coefficient (Wildman–Crippen LogP) is 4.67. The zero-order valence-electron chi connectivity index (χ0n) is 16.5. The summed E-state index contributed by atoms with van der Waals surface area (Å²) in [7, 11) is 0. The first-order valence-electron chi connectivity index (χ1n) is 9.17. The van der Waals surface area contributed by atoms with E-state index >= 15 is 0 Å². The maximum absolute atomic E-state index is 12.3. The van der Waals surface area contributed by atoms with Gasteiger partial charge in [0.05, 0.1) is 17.9 Å². The summed E-state index contributed by atoms with van der Waals surface area (Å²) in [5.41, 5.74) is 2.49. The standard InChI is InChI=1S/C21H19ClN4O3S2/c1-13(27)23-16-3-2-4-17(9-16)25-19(28)10-18-11-30-21(26-18)31-12-20(29)24-15-7-5-14(22)6-8-15/h2-9,11H,10,12H2,1H3,(H,23,27)(H,24,29)(H,25,28). The van der Waals surface area contributed by atoms with Gasteiger partial charge in [0.2, 0.25) is 17.7 Å². The Labute approximate surface area is 192 Å². The summed E-state index contributed by atoms with van der Waals surface area (Å²) in [4.78, 5) is 39.9. The SMILES string of the molecule is CC(=O)Nc1cccc(NC(=O)Cc2csc(SCC(=O)Nc3ccc(Cl)cc3)n2)c1. The molecule has 3 amide bonds. The number of aromatic nitrogens is 1. The van der Waals surface area contributed by atoms with Crippen LogP contribution in [0.15, 0.2) is 58.3 Å². The molecule has 1 aromatic heterocycles. The Bertz CT molecular complexity index is 1090. The van der Waals surface area contributed by atoms with Crippen LogP contribution >= 0.6 is 34.7 Å². The third kappa shape index (κ3) is 7.71.